The zero-order valence-corrected chi connectivity index (χ0v) is 18.6. The van der Waals surface area contributed by atoms with Crippen LogP contribution in [0.2, 0.25) is 0 Å². The molecule has 156 valence electrons. The van der Waals surface area contributed by atoms with E-state index in [0.29, 0.717) is 11.5 Å². The van der Waals surface area contributed by atoms with Gasteiger partial charge in [0.15, 0.2) is 17.3 Å². The highest BCUT2D eigenvalue weighted by Gasteiger charge is 2.27. The first-order valence-corrected chi connectivity index (χ1v) is 11.1. The van der Waals surface area contributed by atoms with Crippen LogP contribution in [-0.2, 0) is 6.54 Å². The van der Waals surface area contributed by atoms with Crippen molar-refractivity contribution in [3.8, 4) is 11.5 Å². The number of rotatable bonds is 6. The molecule has 1 saturated heterocycles. The zero-order chi connectivity index (χ0) is 21.1. The van der Waals surface area contributed by atoms with Gasteiger partial charge in [-0.1, -0.05) is 35.9 Å². The summed E-state index contributed by atoms with van der Waals surface area (Å²) in [6, 6.07) is 16.5. The van der Waals surface area contributed by atoms with E-state index in [1.807, 2.05) is 24.3 Å². The van der Waals surface area contributed by atoms with Crippen molar-refractivity contribution in [1.82, 2.24) is 0 Å². The second-order valence-corrected chi connectivity index (χ2v) is 9.32. The minimum Gasteiger partial charge on any atom is -0.493 e. The number of methoxy groups -OCH3 is 2. The Balaban J connectivity index is 1.46. The number of nitrogens with zero attached hydrogens (tertiary/aromatic N) is 1. The predicted molar refractivity (Wildman–Crippen MR) is 123 cm³/mol. The number of ketones is 1. The molecule has 0 spiro atoms. The zero-order valence-electron chi connectivity index (χ0n) is 17.8. The van der Waals surface area contributed by atoms with Gasteiger partial charge in [0.05, 0.1) is 39.2 Å². The molecule has 2 heterocycles. The van der Waals surface area contributed by atoms with E-state index in [1.54, 1.807) is 14.2 Å². The van der Waals surface area contributed by atoms with Crippen LogP contribution in [0.15, 0.2) is 60.2 Å². The third-order valence-corrected chi connectivity index (χ3v) is 7.07. The fourth-order valence-corrected chi connectivity index (χ4v) is 5.12. The average Bonchev–Trinajstić information content (AvgIpc) is 3.18. The summed E-state index contributed by atoms with van der Waals surface area (Å²) in [5.41, 5.74) is 2.64. The van der Waals surface area contributed by atoms with Crippen molar-refractivity contribution in [2.75, 3.05) is 34.4 Å². The molecule has 1 fully saturated rings. The summed E-state index contributed by atoms with van der Waals surface area (Å²) < 4.78 is 12.8. The van der Waals surface area contributed by atoms with E-state index in [1.165, 1.54) is 22.5 Å². The number of hydrogen-bond donors (Lipinski definition) is 0. The fourth-order valence-electron chi connectivity index (χ4n) is 4.13. The van der Waals surface area contributed by atoms with Crippen molar-refractivity contribution >= 4 is 27.2 Å². The minimum absolute atomic E-state index is 0.100. The van der Waals surface area contributed by atoms with Crippen LogP contribution in [0, 0.1) is 0 Å². The highest BCUT2D eigenvalue weighted by atomic mass is 32.1. The molecule has 30 heavy (non-hydrogen) atoms. The maximum atomic E-state index is 12.9. The first-order valence-electron chi connectivity index (χ1n) is 10.3. The molecule has 1 aliphatic heterocycles. The highest BCUT2D eigenvalue weighted by Crippen LogP contribution is 2.37. The van der Waals surface area contributed by atoms with Crippen LogP contribution in [0.25, 0.3) is 10.1 Å². The Labute approximate surface area is 181 Å². The van der Waals surface area contributed by atoms with Crippen LogP contribution < -0.4 is 9.47 Å². The quantitative estimate of drug-likeness (QED) is 0.300. The number of benzene rings is 2. The lowest BCUT2D eigenvalue weighted by molar-refractivity contribution is -0.925. The summed E-state index contributed by atoms with van der Waals surface area (Å²) in [5, 5.41) is 1.01. The summed E-state index contributed by atoms with van der Waals surface area (Å²) in [6.07, 6.45) is 3.81. The van der Waals surface area contributed by atoms with Gasteiger partial charge >= 0.3 is 0 Å². The summed E-state index contributed by atoms with van der Waals surface area (Å²) in [5.74, 6) is 1.47. The lowest BCUT2D eigenvalue weighted by Crippen LogP contribution is -2.47. The summed E-state index contributed by atoms with van der Waals surface area (Å²) >= 11 is 1.51. The number of piperidine rings is 1. The van der Waals surface area contributed by atoms with Crippen molar-refractivity contribution < 1.29 is 18.8 Å². The van der Waals surface area contributed by atoms with Crippen LogP contribution in [0.4, 0.5) is 0 Å². The second-order valence-electron chi connectivity index (χ2n) is 8.23. The summed E-state index contributed by atoms with van der Waals surface area (Å²) in [7, 11) is 5.57. The Morgan fingerprint density at radius 1 is 1.03 bits per heavy atom. The molecule has 5 heteroatoms. The van der Waals surface area contributed by atoms with Crippen molar-refractivity contribution in [3.05, 3.63) is 70.6 Å². The normalized spacial score (nSPS) is 19.0. The molecule has 0 radical (unpaired) electrons. The van der Waals surface area contributed by atoms with Crippen LogP contribution in [0.5, 0.6) is 11.5 Å². The topological polar surface area (TPSA) is 35.5 Å². The van der Waals surface area contributed by atoms with Crippen LogP contribution >= 0.6 is 11.3 Å². The van der Waals surface area contributed by atoms with Gasteiger partial charge < -0.3 is 14.0 Å². The van der Waals surface area contributed by atoms with Gasteiger partial charge in [0, 0.05) is 29.2 Å². The molecule has 4 nitrogen and oxygen atoms in total. The summed E-state index contributed by atoms with van der Waals surface area (Å²) in [6.45, 7) is 3.17. The van der Waals surface area contributed by atoms with E-state index in [4.69, 9.17) is 9.47 Å². The summed E-state index contributed by atoms with van der Waals surface area (Å²) in [4.78, 5) is 13.7. The van der Waals surface area contributed by atoms with Gasteiger partial charge in [-0.25, -0.2) is 0 Å². The van der Waals surface area contributed by atoms with Crippen LogP contribution in [0.3, 0.4) is 0 Å². The smallest absolute Gasteiger partial charge is 0.195 e. The number of likely N-dealkylation sites (tertiary alicyclic amines) is 1. The molecule has 2 aromatic carbocycles. The van der Waals surface area contributed by atoms with Crippen molar-refractivity contribution in [2.45, 2.75) is 19.4 Å². The molecule has 0 amide bonds. The molecule has 0 atom stereocenters. The van der Waals surface area contributed by atoms with Gasteiger partial charge in [-0.2, -0.15) is 0 Å². The van der Waals surface area contributed by atoms with E-state index < -0.39 is 0 Å². The predicted octanol–water partition coefficient (Wildman–Crippen LogP) is 5.47. The lowest BCUT2D eigenvalue weighted by Gasteiger charge is -2.38. The molecular weight excluding hydrogens is 394 g/mol. The number of thiophene rings is 1. The van der Waals surface area contributed by atoms with E-state index in [-0.39, 0.29) is 5.78 Å². The molecule has 0 unspecified atom stereocenters. The Morgan fingerprint density at radius 2 is 1.70 bits per heavy atom. The number of hydrogen-bond acceptors (Lipinski definition) is 4. The molecule has 4 rings (SSSR count). The van der Waals surface area contributed by atoms with E-state index in [0.717, 1.165) is 51.9 Å². The molecule has 1 aromatic heterocycles. The Hall–Kier alpha value is -2.63. The number of carbonyl (C=O) groups excluding carboxylic acids is 1. The van der Waals surface area contributed by atoms with Crippen LogP contribution in [-0.4, -0.2) is 44.6 Å². The van der Waals surface area contributed by atoms with Crippen molar-refractivity contribution in [3.63, 3.8) is 0 Å². The SMILES string of the molecule is COc1cc2cc(C(=O)C=C3CC[N+](C)(Cc4ccccc4)CC3)sc2cc1OC. The number of ether oxygens (including phenoxy) is 2. The number of quaternary nitrogens is 1. The molecule has 0 bridgehead atoms. The van der Waals surface area contributed by atoms with E-state index in [9.17, 15) is 4.79 Å². The highest BCUT2D eigenvalue weighted by molar-refractivity contribution is 7.21. The Bertz CT molecular complexity index is 1030. The molecule has 0 saturated carbocycles. The monoisotopic (exact) mass is 422 g/mol. The van der Waals surface area contributed by atoms with Gasteiger partial charge in [0.25, 0.3) is 0 Å². The average molecular weight is 423 g/mol. The Kier molecular flexibility index (Phi) is 5.93. The minimum atomic E-state index is 0.100. The third-order valence-electron chi connectivity index (χ3n) is 5.95. The van der Waals surface area contributed by atoms with Crippen LogP contribution in [0.1, 0.15) is 28.1 Å². The Morgan fingerprint density at radius 3 is 2.37 bits per heavy atom. The first kappa shape index (κ1) is 20.6. The van der Waals surface area contributed by atoms with Gasteiger partial charge in [0.2, 0.25) is 0 Å². The number of fused-ring (bicyclic) bond motifs is 1. The largest absolute Gasteiger partial charge is 0.493 e. The molecule has 1 aliphatic rings. The van der Waals surface area contributed by atoms with E-state index >= 15 is 0 Å². The van der Waals surface area contributed by atoms with Gasteiger partial charge in [-0.3, -0.25) is 4.79 Å². The maximum Gasteiger partial charge on any atom is 0.195 e. The lowest BCUT2D eigenvalue weighted by atomic mass is 9.99. The fraction of sp³-hybridized carbons (Fsp3) is 0.320. The van der Waals surface area contributed by atoms with Crippen molar-refractivity contribution in [2.24, 2.45) is 0 Å². The third kappa shape index (κ3) is 4.42. The standard InChI is InChI=1S/C25H28NO3S/c1-26(17-19-7-5-4-6-8-19)11-9-18(10-12-26)13-21(27)25-15-20-14-22(28-2)23(29-3)16-24(20)30-25/h4-8,13-16H,9-12,17H2,1-3H3/q+1. The van der Waals surface area contributed by atoms with Gasteiger partial charge in [-0.15, -0.1) is 11.3 Å². The maximum absolute atomic E-state index is 12.9. The molecule has 0 N–H and O–H groups in total. The number of carbonyl (C=O) groups is 1. The molecule has 0 aliphatic carbocycles. The second kappa shape index (κ2) is 8.62. The first-order chi connectivity index (χ1) is 14.5. The molecule has 3 aromatic rings. The van der Waals surface area contributed by atoms with Crippen molar-refractivity contribution in [1.29, 1.82) is 0 Å². The van der Waals surface area contributed by atoms with Gasteiger partial charge in [-0.05, 0) is 23.6 Å². The molecular formula is C25H28NO3S+. The van der Waals surface area contributed by atoms with E-state index in [2.05, 4.69) is 37.4 Å². The van der Waals surface area contributed by atoms with Gasteiger partial charge in [0.1, 0.15) is 6.54 Å². The number of allylic oxidation sites excluding steroid dienone is 1.